The number of benzene rings is 1. The van der Waals surface area contributed by atoms with Crippen molar-refractivity contribution in [3.05, 3.63) is 57.4 Å². The number of rotatable bonds is 1. The molecule has 0 unspecified atom stereocenters. The summed E-state index contributed by atoms with van der Waals surface area (Å²) in [6.45, 7) is 0. The highest BCUT2D eigenvalue weighted by Gasteiger charge is 2.21. The molecule has 18 heavy (non-hydrogen) atoms. The lowest BCUT2D eigenvalue weighted by molar-refractivity contribution is 0.0996. The molecule has 0 saturated heterocycles. The Kier molecular flexibility index (Phi) is 2.30. The molecule has 3 rings (SSSR count). The molecule has 2 N–H and O–H groups in total. The summed E-state index contributed by atoms with van der Waals surface area (Å²) in [5.74, 6) is -0.183. The summed E-state index contributed by atoms with van der Waals surface area (Å²) in [5, 5.41) is 0. The van der Waals surface area contributed by atoms with Crippen molar-refractivity contribution in [3.8, 4) is 11.3 Å². The zero-order valence-corrected chi connectivity index (χ0v) is 9.60. The molecular weight excluding hydrogens is 230 g/mol. The molecule has 1 aromatic heterocycles. The van der Waals surface area contributed by atoms with Crippen molar-refractivity contribution in [2.75, 3.05) is 0 Å². The summed E-state index contributed by atoms with van der Waals surface area (Å²) in [4.78, 5) is 22.8. The van der Waals surface area contributed by atoms with Crippen LogP contribution in [0.15, 0.2) is 39.5 Å². The van der Waals surface area contributed by atoms with E-state index in [1.54, 1.807) is 6.07 Å². The van der Waals surface area contributed by atoms with Gasteiger partial charge < -0.3 is 10.2 Å². The SMILES string of the molecule is NC(=O)c1cc2c(oc1=O)-c1ccccc1CC2. The second-order valence-corrected chi connectivity index (χ2v) is 4.32. The molecule has 0 fully saturated rings. The Morgan fingerprint density at radius 1 is 1.17 bits per heavy atom. The van der Waals surface area contributed by atoms with Crippen LogP contribution in [-0.2, 0) is 12.8 Å². The molecule has 1 amide bonds. The smallest absolute Gasteiger partial charge is 0.349 e. The van der Waals surface area contributed by atoms with Gasteiger partial charge in [-0.25, -0.2) is 4.79 Å². The van der Waals surface area contributed by atoms with E-state index in [1.165, 1.54) is 0 Å². The van der Waals surface area contributed by atoms with Crippen molar-refractivity contribution < 1.29 is 9.21 Å². The Hall–Kier alpha value is -2.36. The number of fused-ring (bicyclic) bond motifs is 3. The summed E-state index contributed by atoms with van der Waals surface area (Å²) in [6.07, 6.45) is 1.62. The normalized spacial score (nSPS) is 12.7. The van der Waals surface area contributed by atoms with E-state index in [-0.39, 0.29) is 5.56 Å². The van der Waals surface area contributed by atoms with Crippen LogP contribution in [-0.4, -0.2) is 5.91 Å². The number of nitrogens with two attached hydrogens (primary N) is 1. The predicted molar refractivity (Wildman–Crippen MR) is 66.3 cm³/mol. The van der Waals surface area contributed by atoms with Gasteiger partial charge in [0.25, 0.3) is 5.91 Å². The maximum absolute atomic E-state index is 11.7. The Morgan fingerprint density at radius 3 is 2.67 bits per heavy atom. The third kappa shape index (κ3) is 1.54. The lowest BCUT2D eigenvalue weighted by atomic mass is 9.89. The second-order valence-electron chi connectivity index (χ2n) is 4.32. The molecule has 2 aromatic rings. The molecule has 1 heterocycles. The maximum Gasteiger partial charge on any atom is 0.349 e. The summed E-state index contributed by atoms with van der Waals surface area (Å²) < 4.78 is 5.26. The minimum atomic E-state index is -0.745. The van der Waals surface area contributed by atoms with Crippen LogP contribution in [0, 0.1) is 0 Å². The van der Waals surface area contributed by atoms with Gasteiger partial charge in [-0.2, -0.15) is 0 Å². The molecule has 1 aromatic carbocycles. The van der Waals surface area contributed by atoms with Gasteiger partial charge in [0.1, 0.15) is 11.3 Å². The standard InChI is InChI=1S/C14H11NO3/c15-13(16)11-7-9-6-5-8-3-1-2-4-10(8)12(9)18-14(11)17/h1-4,7H,5-6H2,(H2,15,16). The van der Waals surface area contributed by atoms with Gasteiger partial charge >= 0.3 is 5.63 Å². The minimum absolute atomic E-state index is 0.0758. The lowest BCUT2D eigenvalue weighted by Gasteiger charge is -2.17. The highest BCUT2D eigenvalue weighted by Crippen LogP contribution is 2.32. The van der Waals surface area contributed by atoms with Crippen LogP contribution in [0.4, 0.5) is 0 Å². The average molecular weight is 241 g/mol. The van der Waals surface area contributed by atoms with Crippen LogP contribution in [0.2, 0.25) is 0 Å². The Morgan fingerprint density at radius 2 is 1.89 bits per heavy atom. The van der Waals surface area contributed by atoms with E-state index in [4.69, 9.17) is 10.2 Å². The number of hydrogen-bond acceptors (Lipinski definition) is 3. The molecule has 0 radical (unpaired) electrons. The Labute approximate surface area is 103 Å². The van der Waals surface area contributed by atoms with Gasteiger partial charge in [-0.1, -0.05) is 24.3 Å². The van der Waals surface area contributed by atoms with E-state index in [9.17, 15) is 9.59 Å². The van der Waals surface area contributed by atoms with Gasteiger partial charge in [-0.15, -0.1) is 0 Å². The van der Waals surface area contributed by atoms with Gasteiger partial charge in [0.2, 0.25) is 0 Å². The highest BCUT2D eigenvalue weighted by atomic mass is 16.4. The van der Waals surface area contributed by atoms with Crippen molar-refractivity contribution in [2.45, 2.75) is 12.8 Å². The number of hydrogen-bond donors (Lipinski definition) is 1. The largest absolute Gasteiger partial charge is 0.422 e. The van der Waals surface area contributed by atoms with Gasteiger partial charge in [0.15, 0.2) is 0 Å². The highest BCUT2D eigenvalue weighted by molar-refractivity contribution is 5.92. The number of aryl methyl sites for hydroxylation is 2. The van der Waals surface area contributed by atoms with Crippen LogP contribution in [0.1, 0.15) is 21.5 Å². The zero-order valence-electron chi connectivity index (χ0n) is 9.60. The summed E-state index contributed by atoms with van der Waals surface area (Å²) in [5.41, 5.74) is 7.34. The summed E-state index contributed by atoms with van der Waals surface area (Å²) in [6, 6.07) is 9.34. The Balaban J connectivity index is 2.27. The lowest BCUT2D eigenvalue weighted by Crippen LogP contribution is -2.22. The van der Waals surface area contributed by atoms with Gasteiger partial charge in [0.05, 0.1) is 0 Å². The van der Waals surface area contributed by atoms with Crippen molar-refractivity contribution in [3.63, 3.8) is 0 Å². The van der Waals surface area contributed by atoms with Crippen LogP contribution >= 0.6 is 0 Å². The number of primary amides is 1. The molecule has 0 atom stereocenters. The summed E-state index contributed by atoms with van der Waals surface area (Å²) >= 11 is 0. The molecule has 1 aliphatic rings. The predicted octanol–water partition coefficient (Wildman–Crippen LogP) is 1.50. The van der Waals surface area contributed by atoms with E-state index in [0.29, 0.717) is 5.76 Å². The first kappa shape index (κ1) is 10.8. The third-order valence-corrected chi connectivity index (χ3v) is 3.22. The maximum atomic E-state index is 11.7. The van der Waals surface area contributed by atoms with E-state index in [1.807, 2.05) is 24.3 Å². The van der Waals surface area contributed by atoms with Crippen LogP contribution < -0.4 is 11.4 Å². The number of carbonyl (C=O) groups is 1. The summed E-state index contributed by atoms with van der Waals surface area (Å²) in [7, 11) is 0. The fourth-order valence-electron chi connectivity index (χ4n) is 2.33. The molecule has 0 bridgehead atoms. The van der Waals surface area contributed by atoms with Crippen molar-refractivity contribution in [1.82, 2.24) is 0 Å². The first-order chi connectivity index (χ1) is 8.66. The number of amides is 1. The van der Waals surface area contributed by atoms with Crippen molar-refractivity contribution in [1.29, 1.82) is 0 Å². The molecule has 0 spiro atoms. The van der Waals surface area contributed by atoms with Crippen LogP contribution in [0.25, 0.3) is 11.3 Å². The quantitative estimate of drug-likeness (QED) is 0.822. The average Bonchev–Trinajstić information content (AvgIpc) is 2.37. The van der Waals surface area contributed by atoms with Crippen LogP contribution in [0.5, 0.6) is 0 Å². The molecule has 0 aliphatic heterocycles. The number of carbonyl (C=O) groups excluding carboxylic acids is 1. The van der Waals surface area contributed by atoms with E-state index < -0.39 is 11.5 Å². The molecule has 90 valence electrons. The molecule has 0 saturated carbocycles. The third-order valence-electron chi connectivity index (χ3n) is 3.22. The Bertz CT molecular complexity index is 700. The monoisotopic (exact) mass is 241 g/mol. The van der Waals surface area contributed by atoms with E-state index >= 15 is 0 Å². The van der Waals surface area contributed by atoms with E-state index in [2.05, 4.69) is 0 Å². The van der Waals surface area contributed by atoms with E-state index in [0.717, 1.165) is 29.5 Å². The minimum Gasteiger partial charge on any atom is -0.422 e. The zero-order chi connectivity index (χ0) is 12.7. The van der Waals surface area contributed by atoms with Gasteiger partial charge in [-0.3, -0.25) is 4.79 Å². The molecule has 4 heteroatoms. The van der Waals surface area contributed by atoms with Gasteiger partial charge in [-0.05, 0) is 30.0 Å². The molecule has 1 aliphatic carbocycles. The topological polar surface area (TPSA) is 73.3 Å². The fourth-order valence-corrected chi connectivity index (χ4v) is 2.33. The fraction of sp³-hybridized carbons (Fsp3) is 0.143. The van der Waals surface area contributed by atoms with Crippen molar-refractivity contribution in [2.24, 2.45) is 5.73 Å². The second kappa shape index (κ2) is 3.84. The van der Waals surface area contributed by atoms with Gasteiger partial charge in [0, 0.05) is 5.56 Å². The first-order valence-corrected chi connectivity index (χ1v) is 5.72. The first-order valence-electron chi connectivity index (χ1n) is 5.72. The molecular formula is C14H11NO3. The van der Waals surface area contributed by atoms with Crippen LogP contribution in [0.3, 0.4) is 0 Å². The van der Waals surface area contributed by atoms with Crippen molar-refractivity contribution >= 4 is 5.91 Å². The molecule has 4 nitrogen and oxygen atoms in total.